The second-order valence-corrected chi connectivity index (χ2v) is 3.80. The molecule has 1 aromatic carbocycles. The lowest BCUT2D eigenvalue weighted by atomic mass is 10.1. The average molecular weight is 267 g/mol. The van der Waals surface area contributed by atoms with Crippen LogP contribution >= 0.6 is 0 Å². The largest absolute Gasteiger partial charge is 0.478 e. The third-order valence-electron chi connectivity index (χ3n) is 2.43. The van der Waals surface area contributed by atoms with Crippen molar-refractivity contribution in [2.45, 2.75) is 6.18 Å². The highest BCUT2D eigenvalue weighted by Gasteiger charge is 2.33. The molecule has 19 heavy (non-hydrogen) atoms. The summed E-state index contributed by atoms with van der Waals surface area (Å²) in [5.41, 5.74) is -1.25. The molecule has 2 aromatic rings. The fourth-order valence-corrected chi connectivity index (χ4v) is 1.56. The van der Waals surface area contributed by atoms with E-state index in [4.69, 9.17) is 5.11 Å². The summed E-state index contributed by atoms with van der Waals surface area (Å²) in [6, 6.07) is 9.74. The maximum Gasteiger partial charge on any atom is 0.433 e. The molecular formula is C13H8F3NO2. The van der Waals surface area contributed by atoms with Crippen LogP contribution < -0.4 is 0 Å². The molecule has 1 aromatic heterocycles. The number of halogens is 3. The molecule has 1 N–H and O–H groups in total. The highest BCUT2D eigenvalue weighted by atomic mass is 19.4. The van der Waals surface area contributed by atoms with Crippen molar-refractivity contribution in [1.82, 2.24) is 4.98 Å². The average Bonchev–Trinajstić information content (AvgIpc) is 2.38. The van der Waals surface area contributed by atoms with Gasteiger partial charge in [0.25, 0.3) is 0 Å². The number of carbonyl (C=O) groups is 1. The Labute approximate surface area is 106 Å². The van der Waals surface area contributed by atoms with Crippen LogP contribution in [0.3, 0.4) is 0 Å². The van der Waals surface area contributed by atoms with Gasteiger partial charge in [0.2, 0.25) is 0 Å². The second-order valence-electron chi connectivity index (χ2n) is 3.80. The normalized spacial score (nSPS) is 11.3. The van der Waals surface area contributed by atoms with E-state index in [1.54, 1.807) is 30.3 Å². The minimum atomic E-state index is -4.69. The summed E-state index contributed by atoms with van der Waals surface area (Å²) in [5.74, 6) is -1.43. The minimum Gasteiger partial charge on any atom is -0.478 e. The van der Waals surface area contributed by atoms with E-state index < -0.39 is 23.4 Å². The maximum absolute atomic E-state index is 12.7. The second kappa shape index (κ2) is 4.72. The van der Waals surface area contributed by atoms with Gasteiger partial charge in [-0.05, 0) is 12.1 Å². The van der Waals surface area contributed by atoms with E-state index in [9.17, 15) is 18.0 Å². The Morgan fingerprint density at radius 1 is 1.11 bits per heavy atom. The standard InChI is InChI=1S/C13H8F3NO2/c14-13(15,16)11-7-9(12(18)19)6-10(17-11)8-4-2-1-3-5-8/h1-7H,(H,18,19). The quantitative estimate of drug-likeness (QED) is 0.906. The highest BCUT2D eigenvalue weighted by molar-refractivity contribution is 5.89. The number of pyridine rings is 1. The van der Waals surface area contributed by atoms with Gasteiger partial charge in [0.15, 0.2) is 0 Å². The molecule has 98 valence electrons. The van der Waals surface area contributed by atoms with Crippen LogP contribution in [0.15, 0.2) is 42.5 Å². The number of aromatic nitrogens is 1. The van der Waals surface area contributed by atoms with E-state index in [1.165, 1.54) is 0 Å². The van der Waals surface area contributed by atoms with Crippen molar-refractivity contribution >= 4 is 5.97 Å². The zero-order chi connectivity index (χ0) is 14.0. The zero-order valence-electron chi connectivity index (χ0n) is 9.48. The van der Waals surface area contributed by atoms with Gasteiger partial charge >= 0.3 is 12.1 Å². The van der Waals surface area contributed by atoms with E-state index in [2.05, 4.69) is 4.98 Å². The molecule has 0 saturated carbocycles. The van der Waals surface area contributed by atoms with E-state index in [1.807, 2.05) is 0 Å². The molecule has 3 nitrogen and oxygen atoms in total. The van der Waals surface area contributed by atoms with Crippen molar-refractivity contribution in [1.29, 1.82) is 0 Å². The topological polar surface area (TPSA) is 50.2 Å². The molecule has 0 amide bonds. The van der Waals surface area contributed by atoms with Crippen molar-refractivity contribution in [2.75, 3.05) is 0 Å². The first kappa shape index (κ1) is 13.1. The van der Waals surface area contributed by atoms with Crippen molar-refractivity contribution in [3.05, 3.63) is 53.7 Å². The molecule has 0 aliphatic rings. The van der Waals surface area contributed by atoms with Crippen molar-refractivity contribution in [3.8, 4) is 11.3 Å². The predicted octanol–water partition coefficient (Wildman–Crippen LogP) is 3.47. The van der Waals surface area contributed by atoms with Gasteiger partial charge in [-0.15, -0.1) is 0 Å². The van der Waals surface area contributed by atoms with E-state index in [0.717, 1.165) is 6.07 Å². The van der Waals surface area contributed by atoms with Gasteiger partial charge in [0, 0.05) is 5.56 Å². The third kappa shape index (κ3) is 2.90. The summed E-state index contributed by atoms with van der Waals surface area (Å²) >= 11 is 0. The molecule has 2 rings (SSSR count). The monoisotopic (exact) mass is 267 g/mol. The molecule has 0 fully saturated rings. The zero-order valence-corrected chi connectivity index (χ0v) is 9.48. The first-order chi connectivity index (χ1) is 8.88. The molecule has 1 heterocycles. The minimum absolute atomic E-state index is 0.0205. The number of carboxylic acids is 1. The fourth-order valence-electron chi connectivity index (χ4n) is 1.56. The first-order valence-electron chi connectivity index (χ1n) is 5.26. The fraction of sp³-hybridized carbons (Fsp3) is 0.0769. The summed E-state index contributed by atoms with van der Waals surface area (Å²) in [4.78, 5) is 14.3. The summed E-state index contributed by atoms with van der Waals surface area (Å²) < 4.78 is 38.0. The summed E-state index contributed by atoms with van der Waals surface area (Å²) in [6.07, 6.45) is -4.69. The third-order valence-corrected chi connectivity index (χ3v) is 2.43. The molecule has 0 aliphatic heterocycles. The maximum atomic E-state index is 12.7. The molecule has 0 atom stereocenters. The van der Waals surface area contributed by atoms with Crippen molar-refractivity contribution in [3.63, 3.8) is 0 Å². The van der Waals surface area contributed by atoms with Crippen LogP contribution in [0.5, 0.6) is 0 Å². The molecule has 0 aliphatic carbocycles. The van der Waals surface area contributed by atoms with Crippen LogP contribution in [0.25, 0.3) is 11.3 Å². The van der Waals surface area contributed by atoms with Gasteiger partial charge in [-0.25, -0.2) is 9.78 Å². The lowest BCUT2D eigenvalue weighted by Gasteiger charge is -2.09. The molecule has 0 radical (unpaired) electrons. The molecule has 6 heteroatoms. The SMILES string of the molecule is O=C(O)c1cc(-c2ccccc2)nc(C(F)(F)F)c1. The van der Waals surface area contributed by atoms with E-state index >= 15 is 0 Å². The summed E-state index contributed by atoms with van der Waals surface area (Å²) in [7, 11) is 0. The number of aromatic carboxylic acids is 1. The number of benzene rings is 1. The highest BCUT2D eigenvalue weighted by Crippen LogP contribution is 2.30. The number of nitrogens with zero attached hydrogens (tertiary/aromatic N) is 1. The first-order valence-corrected chi connectivity index (χ1v) is 5.26. The van der Waals surface area contributed by atoms with Gasteiger partial charge in [-0.3, -0.25) is 0 Å². The molecule has 0 unspecified atom stereocenters. The lowest BCUT2D eigenvalue weighted by Crippen LogP contribution is -2.11. The van der Waals surface area contributed by atoms with Crippen LogP contribution in [0.4, 0.5) is 13.2 Å². The summed E-state index contributed by atoms with van der Waals surface area (Å²) in [5, 5.41) is 8.85. The van der Waals surface area contributed by atoms with Gasteiger partial charge in [0.05, 0.1) is 11.3 Å². The van der Waals surface area contributed by atoms with Gasteiger partial charge in [-0.2, -0.15) is 13.2 Å². The van der Waals surface area contributed by atoms with Crippen molar-refractivity contribution < 1.29 is 23.1 Å². The molecular weight excluding hydrogens is 259 g/mol. The van der Waals surface area contributed by atoms with Crippen LogP contribution in [0.2, 0.25) is 0 Å². The number of carboxylic acid groups (broad SMARTS) is 1. The van der Waals surface area contributed by atoms with E-state index in [-0.39, 0.29) is 5.69 Å². The van der Waals surface area contributed by atoms with Crippen LogP contribution in [0, 0.1) is 0 Å². The van der Waals surface area contributed by atoms with Gasteiger partial charge in [-0.1, -0.05) is 30.3 Å². The van der Waals surface area contributed by atoms with Crippen LogP contribution in [0.1, 0.15) is 16.1 Å². The van der Waals surface area contributed by atoms with Gasteiger partial charge in [0.1, 0.15) is 5.69 Å². The Hall–Kier alpha value is -2.37. The Morgan fingerprint density at radius 3 is 2.26 bits per heavy atom. The number of hydrogen-bond donors (Lipinski definition) is 1. The Kier molecular flexibility index (Phi) is 3.25. The molecule has 0 bridgehead atoms. The Bertz CT molecular complexity index is 609. The Balaban J connectivity index is 2.62. The van der Waals surface area contributed by atoms with Crippen LogP contribution in [-0.2, 0) is 6.18 Å². The number of hydrogen-bond acceptors (Lipinski definition) is 2. The van der Waals surface area contributed by atoms with E-state index in [0.29, 0.717) is 11.6 Å². The lowest BCUT2D eigenvalue weighted by molar-refractivity contribution is -0.141. The Morgan fingerprint density at radius 2 is 1.74 bits per heavy atom. The number of alkyl halides is 3. The van der Waals surface area contributed by atoms with Crippen molar-refractivity contribution in [2.24, 2.45) is 0 Å². The summed E-state index contributed by atoms with van der Waals surface area (Å²) in [6.45, 7) is 0. The number of rotatable bonds is 2. The molecule has 0 saturated heterocycles. The predicted molar refractivity (Wildman–Crippen MR) is 61.6 cm³/mol. The smallest absolute Gasteiger partial charge is 0.433 e. The van der Waals surface area contributed by atoms with Crippen LogP contribution in [-0.4, -0.2) is 16.1 Å². The van der Waals surface area contributed by atoms with Gasteiger partial charge < -0.3 is 5.11 Å². The molecule has 0 spiro atoms.